The number of rotatable bonds is 4. The summed E-state index contributed by atoms with van der Waals surface area (Å²) < 4.78 is 22.8. The van der Waals surface area contributed by atoms with Crippen LogP contribution in [0.2, 0.25) is 0 Å². The molecule has 1 N–H and O–H groups in total. The first-order valence-electron chi connectivity index (χ1n) is 5.93. The molecule has 0 saturated heterocycles. The van der Waals surface area contributed by atoms with Gasteiger partial charge in [0.1, 0.15) is 5.56 Å². The van der Waals surface area contributed by atoms with E-state index in [1.807, 2.05) is 0 Å². The lowest BCUT2D eigenvalue weighted by Crippen LogP contribution is -2.20. The van der Waals surface area contributed by atoms with Gasteiger partial charge in [-0.1, -0.05) is 11.8 Å². The lowest BCUT2D eigenvalue weighted by molar-refractivity contribution is -0.385. The van der Waals surface area contributed by atoms with Crippen LogP contribution in [-0.4, -0.2) is 32.0 Å². The quantitative estimate of drug-likeness (QED) is 0.384. The maximum atomic E-state index is 11.4. The van der Waals surface area contributed by atoms with Crippen LogP contribution in [0.5, 0.6) is 0 Å². The third-order valence-electron chi connectivity index (χ3n) is 2.44. The Bertz CT molecular complexity index is 729. The summed E-state index contributed by atoms with van der Waals surface area (Å²) in [5, 5.41) is 13.5. The van der Waals surface area contributed by atoms with Gasteiger partial charge in [-0.25, -0.2) is 8.42 Å². The maximum absolute atomic E-state index is 11.4. The van der Waals surface area contributed by atoms with Crippen LogP contribution in [0, 0.1) is 22.0 Å². The summed E-state index contributed by atoms with van der Waals surface area (Å²) in [6, 6.07) is 3.58. The number of carbonyl (C=O) groups excluding carboxylic acids is 1. The molecular formula is C13H14N2O5S. The molecule has 1 rings (SSSR count). The average Bonchev–Trinajstić information content (AvgIpc) is 2.36. The minimum absolute atomic E-state index is 0.127. The fourth-order valence-electron chi connectivity index (χ4n) is 1.46. The lowest BCUT2D eigenvalue weighted by atomic mass is 10.2. The Morgan fingerprint density at radius 3 is 2.62 bits per heavy atom. The molecule has 1 amide bonds. The summed E-state index contributed by atoms with van der Waals surface area (Å²) in [6.07, 6.45) is 1.31. The fraction of sp³-hybridized carbons (Fsp3) is 0.308. The molecule has 0 atom stereocenters. The molecule has 0 bridgehead atoms. The van der Waals surface area contributed by atoms with E-state index in [1.165, 1.54) is 19.1 Å². The van der Waals surface area contributed by atoms with Crippen LogP contribution in [0.25, 0.3) is 0 Å². The molecule has 0 heterocycles. The van der Waals surface area contributed by atoms with E-state index in [9.17, 15) is 23.3 Å². The van der Waals surface area contributed by atoms with Crippen LogP contribution in [0.4, 0.5) is 5.69 Å². The highest BCUT2D eigenvalue weighted by Gasteiger charge is 2.17. The molecule has 0 aliphatic carbocycles. The number of benzene rings is 1. The Hall–Kier alpha value is -2.40. The van der Waals surface area contributed by atoms with Crippen LogP contribution in [0.15, 0.2) is 23.1 Å². The molecule has 0 spiro atoms. The number of nitrogens with one attached hydrogen (secondary N) is 1. The average molecular weight is 310 g/mol. The third kappa shape index (κ3) is 5.24. The molecule has 0 aliphatic heterocycles. The predicted molar refractivity (Wildman–Crippen MR) is 76.4 cm³/mol. The van der Waals surface area contributed by atoms with Gasteiger partial charge >= 0.3 is 0 Å². The van der Waals surface area contributed by atoms with Crippen molar-refractivity contribution in [3.05, 3.63) is 33.9 Å². The minimum atomic E-state index is -3.51. The highest BCUT2D eigenvalue weighted by Crippen LogP contribution is 2.22. The molecule has 0 fully saturated rings. The van der Waals surface area contributed by atoms with Gasteiger partial charge in [-0.2, -0.15) is 0 Å². The number of hydrogen-bond acceptors (Lipinski definition) is 5. The smallest absolute Gasteiger partial charge is 0.286 e. The van der Waals surface area contributed by atoms with Crippen molar-refractivity contribution in [2.75, 3.05) is 12.8 Å². The summed E-state index contributed by atoms with van der Waals surface area (Å²) in [6.45, 7) is 1.72. The molecular weight excluding hydrogens is 296 g/mol. The lowest BCUT2D eigenvalue weighted by Gasteiger charge is -2.00. The summed E-state index contributed by atoms with van der Waals surface area (Å²) in [5.41, 5.74) is -0.222. The van der Waals surface area contributed by atoms with Gasteiger partial charge in [-0.05, 0) is 12.1 Å². The Morgan fingerprint density at radius 1 is 1.43 bits per heavy atom. The molecule has 21 heavy (non-hydrogen) atoms. The number of nitro benzene ring substituents is 1. The molecule has 112 valence electrons. The van der Waals surface area contributed by atoms with Gasteiger partial charge in [0.25, 0.3) is 5.69 Å². The Labute approximate surface area is 122 Å². The van der Waals surface area contributed by atoms with Gasteiger partial charge in [0, 0.05) is 32.2 Å². The fourth-order valence-corrected chi connectivity index (χ4v) is 2.10. The summed E-state index contributed by atoms with van der Waals surface area (Å²) in [5.74, 6) is 5.12. The zero-order valence-electron chi connectivity index (χ0n) is 11.5. The molecule has 0 aliphatic rings. The predicted octanol–water partition coefficient (Wildman–Crippen LogP) is 0.876. The van der Waals surface area contributed by atoms with Crippen LogP contribution in [-0.2, 0) is 14.6 Å². The molecule has 0 aromatic heterocycles. The second-order valence-electron chi connectivity index (χ2n) is 4.24. The number of hydrogen-bond donors (Lipinski definition) is 1. The first-order chi connectivity index (χ1) is 9.71. The van der Waals surface area contributed by atoms with Crippen LogP contribution >= 0.6 is 0 Å². The monoisotopic (exact) mass is 310 g/mol. The molecule has 8 heteroatoms. The standard InChI is InChI=1S/C13H14N2O5S/c1-10(16)14-8-4-3-5-11-6-7-12(21(2,19)20)9-13(11)15(17)18/h6-7,9H,4,8H2,1-2H3,(H,14,16). The van der Waals surface area contributed by atoms with E-state index in [2.05, 4.69) is 17.2 Å². The third-order valence-corrected chi connectivity index (χ3v) is 3.55. The molecule has 0 radical (unpaired) electrons. The van der Waals surface area contributed by atoms with Crippen molar-refractivity contribution in [3.8, 4) is 11.8 Å². The highest BCUT2D eigenvalue weighted by atomic mass is 32.2. The van der Waals surface area contributed by atoms with Gasteiger partial charge in [0.05, 0.1) is 9.82 Å². The number of amides is 1. The van der Waals surface area contributed by atoms with Crippen molar-refractivity contribution >= 4 is 21.4 Å². The van der Waals surface area contributed by atoms with E-state index < -0.39 is 14.8 Å². The number of nitrogens with zero attached hydrogens (tertiary/aromatic N) is 1. The number of nitro groups is 1. The van der Waals surface area contributed by atoms with E-state index in [0.29, 0.717) is 13.0 Å². The maximum Gasteiger partial charge on any atom is 0.286 e. The van der Waals surface area contributed by atoms with E-state index >= 15 is 0 Å². The van der Waals surface area contributed by atoms with E-state index in [-0.39, 0.29) is 22.1 Å². The summed E-state index contributed by atoms with van der Waals surface area (Å²) >= 11 is 0. The van der Waals surface area contributed by atoms with Gasteiger partial charge in [0.2, 0.25) is 5.91 Å². The highest BCUT2D eigenvalue weighted by molar-refractivity contribution is 7.90. The summed E-state index contributed by atoms with van der Waals surface area (Å²) in [4.78, 5) is 20.8. The SMILES string of the molecule is CC(=O)NCCC#Cc1ccc(S(C)(=O)=O)cc1[N+](=O)[O-]. The van der Waals surface area contributed by atoms with Crippen molar-refractivity contribution in [3.63, 3.8) is 0 Å². The topological polar surface area (TPSA) is 106 Å². The second-order valence-corrected chi connectivity index (χ2v) is 6.26. The number of carbonyl (C=O) groups is 1. The van der Waals surface area contributed by atoms with Crippen molar-refractivity contribution in [2.24, 2.45) is 0 Å². The minimum Gasteiger partial charge on any atom is -0.355 e. The normalized spacial score (nSPS) is 10.4. The van der Waals surface area contributed by atoms with Crippen molar-refractivity contribution in [1.29, 1.82) is 0 Å². The van der Waals surface area contributed by atoms with Crippen LogP contribution in [0.1, 0.15) is 18.9 Å². The van der Waals surface area contributed by atoms with Gasteiger partial charge in [-0.15, -0.1) is 0 Å². The van der Waals surface area contributed by atoms with E-state index in [4.69, 9.17) is 0 Å². The largest absolute Gasteiger partial charge is 0.355 e. The molecule has 1 aromatic rings. The summed E-state index contributed by atoms with van der Waals surface area (Å²) in [7, 11) is -3.51. The first kappa shape index (κ1) is 16.7. The van der Waals surface area contributed by atoms with Gasteiger partial charge < -0.3 is 5.32 Å². The van der Waals surface area contributed by atoms with E-state index in [1.54, 1.807) is 0 Å². The van der Waals surface area contributed by atoms with E-state index in [0.717, 1.165) is 12.3 Å². The Balaban J connectivity index is 3.01. The van der Waals surface area contributed by atoms with Crippen molar-refractivity contribution < 1.29 is 18.1 Å². The van der Waals surface area contributed by atoms with Crippen LogP contribution in [0.3, 0.4) is 0 Å². The zero-order chi connectivity index (χ0) is 16.0. The Morgan fingerprint density at radius 2 is 2.10 bits per heavy atom. The van der Waals surface area contributed by atoms with Crippen LogP contribution < -0.4 is 5.32 Å². The molecule has 7 nitrogen and oxygen atoms in total. The molecule has 0 saturated carbocycles. The zero-order valence-corrected chi connectivity index (χ0v) is 12.4. The molecule has 1 aromatic carbocycles. The number of sulfone groups is 1. The van der Waals surface area contributed by atoms with Crippen molar-refractivity contribution in [2.45, 2.75) is 18.2 Å². The van der Waals surface area contributed by atoms with Gasteiger partial charge in [-0.3, -0.25) is 14.9 Å². The van der Waals surface area contributed by atoms with Crippen molar-refractivity contribution in [1.82, 2.24) is 5.32 Å². The first-order valence-corrected chi connectivity index (χ1v) is 7.83. The molecule has 0 unspecified atom stereocenters. The van der Waals surface area contributed by atoms with Gasteiger partial charge in [0.15, 0.2) is 9.84 Å². The second kappa shape index (κ2) is 6.85. The Kier molecular flexibility index (Phi) is 5.44.